The molecule has 4 aromatic rings. The van der Waals surface area contributed by atoms with Crippen LogP contribution in [0, 0.1) is 19.7 Å². The van der Waals surface area contributed by atoms with Crippen molar-refractivity contribution in [2.45, 2.75) is 13.8 Å². The van der Waals surface area contributed by atoms with Gasteiger partial charge < -0.3 is 11.1 Å². The van der Waals surface area contributed by atoms with Gasteiger partial charge in [0.15, 0.2) is 0 Å². The van der Waals surface area contributed by atoms with E-state index >= 15 is 0 Å². The van der Waals surface area contributed by atoms with E-state index in [1.165, 1.54) is 12.1 Å². The van der Waals surface area contributed by atoms with Crippen LogP contribution in [0.15, 0.2) is 42.5 Å². The maximum atomic E-state index is 13.7. The number of imidazole rings is 1. The Labute approximate surface area is 148 Å². The highest BCUT2D eigenvalue weighted by molar-refractivity contribution is 5.77. The first kappa shape index (κ1) is 15.9. The molecule has 2 heterocycles. The molecule has 130 valence electrons. The number of nitrogen functional groups attached to an aromatic ring is 1. The summed E-state index contributed by atoms with van der Waals surface area (Å²) in [5.41, 5.74) is 9.04. The molecule has 7 nitrogen and oxygen atoms in total. The topological polar surface area (TPSA) is 94.5 Å². The van der Waals surface area contributed by atoms with Crippen molar-refractivity contribution in [3.63, 3.8) is 0 Å². The Morgan fingerprint density at radius 2 is 1.73 bits per heavy atom. The molecule has 8 heteroatoms. The van der Waals surface area contributed by atoms with E-state index in [1.54, 1.807) is 17.6 Å². The van der Waals surface area contributed by atoms with Crippen LogP contribution < -0.4 is 11.1 Å². The maximum absolute atomic E-state index is 13.7. The molecule has 2 aromatic heterocycles. The van der Waals surface area contributed by atoms with Gasteiger partial charge in [0.05, 0.1) is 11.0 Å². The third-order valence-electron chi connectivity index (χ3n) is 3.93. The number of nitrogens with one attached hydrogen (secondary N) is 1. The summed E-state index contributed by atoms with van der Waals surface area (Å²) in [7, 11) is 0. The number of nitrogens with two attached hydrogens (primary N) is 1. The van der Waals surface area contributed by atoms with Gasteiger partial charge in [-0.1, -0.05) is 17.7 Å². The number of benzene rings is 2. The lowest BCUT2D eigenvalue weighted by atomic mass is 10.2. The van der Waals surface area contributed by atoms with Gasteiger partial charge in [-0.25, -0.2) is 9.37 Å². The van der Waals surface area contributed by atoms with Crippen molar-refractivity contribution in [2.75, 3.05) is 11.1 Å². The first-order valence-corrected chi connectivity index (χ1v) is 8.00. The van der Waals surface area contributed by atoms with Crippen molar-refractivity contribution in [1.82, 2.24) is 24.5 Å². The van der Waals surface area contributed by atoms with Gasteiger partial charge in [-0.3, -0.25) is 4.57 Å². The molecule has 0 aliphatic rings. The Morgan fingerprint density at radius 3 is 2.50 bits per heavy atom. The average Bonchev–Trinajstić information content (AvgIpc) is 2.91. The van der Waals surface area contributed by atoms with Crippen LogP contribution in [0.3, 0.4) is 0 Å². The molecule has 26 heavy (non-hydrogen) atoms. The highest BCUT2D eigenvalue weighted by Gasteiger charge is 2.14. The third-order valence-corrected chi connectivity index (χ3v) is 3.93. The minimum atomic E-state index is -0.362. The van der Waals surface area contributed by atoms with Gasteiger partial charge in [-0.05, 0) is 38.1 Å². The van der Waals surface area contributed by atoms with Gasteiger partial charge in [0, 0.05) is 11.8 Å². The van der Waals surface area contributed by atoms with Crippen LogP contribution in [-0.4, -0.2) is 24.5 Å². The monoisotopic (exact) mass is 349 g/mol. The second kappa shape index (κ2) is 6.07. The van der Waals surface area contributed by atoms with E-state index in [0.29, 0.717) is 22.8 Å². The summed E-state index contributed by atoms with van der Waals surface area (Å²) in [6.45, 7) is 3.81. The Hall–Kier alpha value is -3.55. The number of anilines is 3. The van der Waals surface area contributed by atoms with Crippen LogP contribution in [0.1, 0.15) is 11.4 Å². The van der Waals surface area contributed by atoms with Crippen LogP contribution >= 0.6 is 0 Å². The zero-order chi connectivity index (χ0) is 18.3. The largest absolute Gasteiger partial charge is 0.368 e. The van der Waals surface area contributed by atoms with Crippen LogP contribution in [-0.2, 0) is 0 Å². The van der Waals surface area contributed by atoms with Crippen LogP contribution in [0.25, 0.3) is 17.0 Å². The number of nitrogens with zero attached hydrogens (tertiary/aromatic N) is 5. The molecule has 0 fully saturated rings. The minimum Gasteiger partial charge on any atom is -0.368 e. The number of hydrogen-bond donors (Lipinski definition) is 2. The van der Waals surface area contributed by atoms with Crippen molar-refractivity contribution >= 4 is 28.6 Å². The van der Waals surface area contributed by atoms with Gasteiger partial charge in [-0.2, -0.15) is 15.0 Å². The van der Waals surface area contributed by atoms with Gasteiger partial charge >= 0.3 is 0 Å². The van der Waals surface area contributed by atoms with Gasteiger partial charge in [-0.15, -0.1) is 0 Å². The molecule has 0 aliphatic heterocycles. The lowest BCUT2D eigenvalue weighted by Gasteiger charge is -2.09. The van der Waals surface area contributed by atoms with E-state index in [-0.39, 0.29) is 17.7 Å². The maximum Gasteiger partial charge on any atom is 0.242 e. The van der Waals surface area contributed by atoms with Crippen molar-refractivity contribution in [3.05, 3.63) is 59.7 Å². The highest BCUT2D eigenvalue weighted by atomic mass is 19.1. The molecule has 0 amide bonds. The summed E-state index contributed by atoms with van der Waals surface area (Å²) in [5, 5.41) is 3.10. The lowest BCUT2D eigenvalue weighted by molar-refractivity contribution is 0.629. The Kier molecular flexibility index (Phi) is 3.72. The van der Waals surface area contributed by atoms with Gasteiger partial charge in [0.1, 0.15) is 11.6 Å². The normalized spacial score (nSPS) is 11.0. The number of rotatable bonds is 3. The first-order valence-electron chi connectivity index (χ1n) is 8.00. The van der Waals surface area contributed by atoms with Crippen LogP contribution in [0.4, 0.5) is 22.0 Å². The van der Waals surface area contributed by atoms with Crippen molar-refractivity contribution in [1.29, 1.82) is 0 Å². The quantitative estimate of drug-likeness (QED) is 0.589. The van der Waals surface area contributed by atoms with E-state index in [9.17, 15) is 4.39 Å². The van der Waals surface area contributed by atoms with Crippen LogP contribution in [0.2, 0.25) is 0 Å². The Balaban J connectivity index is 1.80. The number of fused-ring (bicyclic) bond motifs is 1. The number of aromatic nitrogens is 5. The molecule has 0 unspecified atom stereocenters. The molecule has 0 saturated carbocycles. The molecule has 2 aromatic carbocycles. The SMILES string of the molecule is Cc1ccc(Nc2nc(N)nc(-n3c(C)nc4ccc(F)cc43)n2)cc1. The second-order valence-corrected chi connectivity index (χ2v) is 5.94. The summed E-state index contributed by atoms with van der Waals surface area (Å²) < 4.78 is 15.3. The fraction of sp³-hybridized carbons (Fsp3) is 0.111. The molecule has 3 N–H and O–H groups in total. The standard InChI is InChI=1S/C18H16FN7/c1-10-3-6-13(7-4-10)22-17-23-16(20)24-18(25-17)26-11(2)21-14-8-5-12(19)9-15(14)26/h3-9H,1-2H3,(H3,20,22,23,24,25). The number of hydrogen-bond acceptors (Lipinski definition) is 6. The summed E-state index contributed by atoms with van der Waals surface area (Å²) in [6, 6.07) is 12.2. The predicted molar refractivity (Wildman–Crippen MR) is 98.0 cm³/mol. The molecule has 0 spiro atoms. The van der Waals surface area contributed by atoms with Crippen LogP contribution in [0.5, 0.6) is 0 Å². The number of aryl methyl sites for hydroxylation is 2. The summed E-state index contributed by atoms with van der Waals surface area (Å²) in [5.74, 6) is 0.894. The van der Waals surface area contributed by atoms with Gasteiger partial charge in [0.2, 0.25) is 17.8 Å². The fourth-order valence-electron chi connectivity index (χ4n) is 2.72. The summed E-state index contributed by atoms with van der Waals surface area (Å²) >= 11 is 0. The molecular weight excluding hydrogens is 333 g/mol. The summed E-state index contributed by atoms with van der Waals surface area (Å²) in [6.07, 6.45) is 0. The molecule has 0 saturated heterocycles. The zero-order valence-electron chi connectivity index (χ0n) is 14.2. The average molecular weight is 349 g/mol. The molecular formula is C18H16FN7. The van der Waals surface area contributed by atoms with E-state index in [2.05, 4.69) is 25.3 Å². The summed E-state index contributed by atoms with van der Waals surface area (Å²) in [4.78, 5) is 17.2. The van der Waals surface area contributed by atoms with Gasteiger partial charge in [0.25, 0.3) is 0 Å². The predicted octanol–water partition coefficient (Wildman–Crippen LogP) is 3.29. The molecule has 0 bridgehead atoms. The Morgan fingerprint density at radius 1 is 0.962 bits per heavy atom. The second-order valence-electron chi connectivity index (χ2n) is 5.94. The van der Waals surface area contributed by atoms with Crippen molar-refractivity contribution in [3.8, 4) is 5.95 Å². The third kappa shape index (κ3) is 2.92. The van der Waals surface area contributed by atoms with E-state index in [4.69, 9.17) is 5.73 Å². The molecule has 0 atom stereocenters. The van der Waals surface area contributed by atoms with E-state index in [0.717, 1.165) is 11.3 Å². The van der Waals surface area contributed by atoms with Crippen molar-refractivity contribution < 1.29 is 4.39 Å². The molecule has 0 radical (unpaired) electrons. The fourth-order valence-corrected chi connectivity index (χ4v) is 2.72. The smallest absolute Gasteiger partial charge is 0.242 e. The molecule has 4 rings (SSSR count). The molecule has 0 aliphatic carbocycles. The first-order chi connectivity index (χ1) is 12.5. The zero-order valence-corrected chi connectivity index (χ0v) is 14.2. The van der Waals surface area contributed by atoms with E-state index < -0.39 is 0 Å². The minimum absolute atomic E-state index is 0.0577. The number of halogens is 1. The lowest BCUT2D eigenvalue weighted by Crippen LogP contribution is -2.10. The van der Waals surface area contributed by atoms with E-state index in [1.807, 2.05) is 31.2 Å². The van der Waals surface area contributed by atoms with Crippen molar-refractivity contribution in [2.24, 2.45) is 0 Å². The Bertz CT molecular complexity index is 1100. The highest BCUT2D eigenvalue weighted by Crippen LogP contribution is 2.22.